The molecule has 0 bridgehead atoms. The minimum absolute atomic E-state index is 0.0741. The summed E-state index contributed by atoms with van der Waals surface area (Å²) in [5.41, 5.74) is 8.10. The second-order valence-corrected chi connectivity index (χ2v) is 9.66. The third-order valence-electron chi connectivity index (χ3n) is 6.68. The molecule has 0 spiro atoms. The average Bonchev–Trinajstić information content (AvgIpc) is 3.29. The molecule has 0 saturated carbocycles. The predicted molar refractivity (Wildman–Crippen MR) is 155 cm³/mol. The number of benzene rings is 2. The number of hydrogen-bond acceptors (Lipinski definition) is 9. The topological polar surface area (TPSA) is 195 Å². The first-order valence-corrected chi connectivity index (χ1v) is 13.5. The number of carboxylic acids is 2. The molecule has 2 atom stereocenters. The number of nitrogens with one attached hydrogen (secondary N) is 1. The maximum Gasteiger partial charge on any atom is 0.320 e. The van der Waals surface area contributed by atoms with Crippen LogP contribution in [0.15, 0.2) is 70.9 Å². The monoisotopic (exact) mass is 578 g/mol. The Balaban J connectivity index is 1.46. The molecule has 2 aromatic carbocycles. The Hall–Kier alpha value is -4.91. The zero-order valence-electron chi connectivity index (χ0n) is 23.2. The number of imide groups is 1. The van der Waals surface area contributed by atoms with E-state index in [-0.39, 0.29) is 43.4 Å². The molecule has 1 heterocycles. The lowest BCUT2D eigenvalue weighted by molar-refractivity contribution is -0.144. The number of hydrogen-bond donors (Lipinski definition) is 4. The van der Waals surface area contributed by atoms with Crippen molar-refractivity contribution >= 4 is 52.4 Å². The molecule has 1 unspecified atom stereocenters. The maximum atomic E-state index is 12.3. The smallest absolute Gasteiger partial charge is 0.320 e. The fourth-order valence-corrected chi connectivity index (χ4v) is 4.28. The van der Waals surface area contributed by atoms with Crippen LogP contribution in [0.3, 0.4) is 0 Å². The van der Waals surface area contributed by atoms with Crippen molar-refractivity contribution in [3.05, 3.63) is 60.7 Å². The molecule has 1 aliphatic rings. The van der Waals surface area contributed by atoms with E-state index in [4.69, 9.17) is 10.8 Å². The quantitative estimate of drug-likeness (QED) is 0.170. The summed E-state index contributed by atoms with van der Waals surface area (Å²) in [7, 11) is 0. The Morgan fingerprint density at radius 2 is 1.50 bits per heavy atom. The van der Waals surface area contributed by atoms with Crippen LogP contribution in [0.4, 0.5) is 22.7 Å². The third-order valence-corrected chi connectivity index (χ3v) is 6.68. The van der Waals surface area contributed by atoms with Crippen molar-refractivity contribution in [1.82, 2.24) is 4.90 Å². The summed E-state index contributed by atoms with van der Waals surface area (Å²) in [4.78, 5) is 61.3. The molecule has 2 aromatic rings. The minimum atomic E-state index is -1.27. The Kier molecular flexibility index (Phi) is 11.4. The number of carbonyl (C=O) groups excluding carboxylic acids is 3. The number of rotatable bonds is 16. The number of azo groups is 1. The van der Waals surface area contributed by atoms with Gasteiger partial charge in [0.25, 0.3) is 11.8 Å². The van der Waals surface area contributed by atoms with Gasteiger partial charge in [0, 0.05) is 49.6 Å². The van der Waals surface area contributed by atoms with Crippen molar-refractivity contribution < 1.29 is 34.2 Å². The summed E-state index contributed by atoms with van der Waals surface area (Å²) >= 11 is 0. The van der Waals surface area contributed by atoms with E-state index < -0.39 is 23.9 Å². The summed E-state index contributed by atoms with van der Waals surface area (Å²) < 4.78 is 0. The highest BCUT2D eigenvalue weighted by Crippen LogP contribution is 2.24. The maximum absolute atomic E-state index is 12.3. The molecule has 3 amide bonds. The van der Waals surface area contributed by atoms with E-state index in [1.165, 1.54) is 17.1 Å². The molecule has 42 heavy (non-hydrogen) atoms. The summed E-state index contributed by atoms with van der Waals surface area (Å²) in [6.45, 7) is 3.48. The molecular formula is C29H34N6O7. The van der Waals surface area contributed by atoms with E-state index in [1.807, 2.05) is 36.1 Å². The van der Waals surface area contributed by atoms with Gasteiger partial charge in [-0.05, 0) is 74.7 Å². The standard InChI is InChI=1S/C29H34N6O7/c1-2-34(16-17-35-26(37)14-15-27(35)38)23-12-10-22(11-13-23)33-32-21-8-6-20(7-9-21)31-25(36)5-3-4-19(28(39)40)18-24(30)29(41)42/h6-15,19,24H,2-5,16-18,30H2,1H3,(H,31,36)(H,39,40)(H,41,42)/t19?,24-/m0/s1. The van der Waals surface area contributed by atoms with Crippen molar-refractivity contribution in [3.63, 3.8) is 0 Å². The predicted octanol–water partition coefficient (Wildman–Crippen LogP) is 3.46. The highest BCUT2D eigenvalue weighted by molar-refractivity contribution is 6.12. The van der Waals surface area contributed by atoms with Crippen LogP contribution in [-0.2, 0) is 24.0 Å². The molecule has 3 rings (SSSR count). The molecule has 1 aliphatic heterocycles. The van der Waals surface area contributed by atoms with Gasteiger partial charge < -0.3 is 26.2 Å². The fourth-order valence-electron chi connectivity index (χ4n) is 4.28. The van der Waals surface area contributed by atoms with Crippen LogP contribution in [-0.4, -0.2) is 70.4 Å². The average molecular weight is 579 g/mol. The van der Waals surface area contributed by atoms with Gasteiger partial charge in [-0.15, -0.1) is 0 Å². The van der Waals surface area contributed by atoms with Crippen LogP contribution >= 0.6 is 0 Å². The van der Waals surface area contributed by atoms with Gasteiger partial charge in [0.05, 0.1) is 17.3 Å². The highest BCUT2D eigenvalue weighted by atomic mass is 16.4. The number of carbonyl (C=O) groups is 5. The Morgan fingerprint density at radius 1 is 0.929 bits per heavy atom. The zero-order chi connectivity index (χ0) is 30.6. The van der Waals surface area contributed by atoms with E-state index in [1.54, 1.807) is 24.3 Å². The van der Waals surface area contributed by atoms with E-state index in [0.717, 1.165) is 5.69 Å². The number of nitrogens with two attached hydrogens (primary N) is 1. The van der Waals surface area contributed by atoms with E-state index >= 15 is 0 Å². The lowest BCUT2D eigenvalue weighted by atomic mass is 9.94. The van der Waals surface area contributed by atoms with Gasteiger partial charge in [-0.2, -0.15) is 10.2 Å². The fraction of sp³-hybridized carbons (Fsp3) is 0.345. The van der Waals surface area contributed by atoms with Gasteiger partial charge in [0.15, 0.2) is 0 Å². The van der Waals surface area contributed by atoms with Gasteiger partial charge in [0.1, 0.15) is 6.04 Å². The molecule has 0 aliphatic carbocycles. The number of carboxylic acid groups (broad SMARTS) is 2. The van der Waals surface area contributed by atoms with Gasteiger partial charge in [-0.1, -0.05) is 0 Å². The summed E-state index contributed by atoms with van der Waals surface area (Å²) in [5, 5.41) is 29.4. The third kappa shape index (κ3) is 9.34. The van der Waals surface area contributed by atoms with Gasteiger partial charge in [0.2, 0.25) is 5.91 Å². The first-order chi connectivity index (χ1) is 20.1. The van der Waals surface area contributed by atoms with Crippen LogP contribution in [0.1, 0.15) is 32.6 Å². The van der Waals surface area contributed by atoms with Crippen LogP contribution in [0.25, 0.3) is 0 Å². The summed E-state index contributed by atoms with van der Waals surface area (Å²) in [6, 6.07) is 12.9. The van der Waals surface area contributed by atoms with Crippen molar-refractivity contribution in [1.29, 1.82) is 0 Å². The number of aliphatic carboxylic acids is 2. The second kappa shape index (κ2) is 15.2. The Morgan fingerprint density at radius 3 is 2.02 bits per heavy atom. The van der Waals surface area contributed by atoms with Gasteiger partial charge >= 0.3 is 11.9 Å². The van der Waals surface area contributed by atoms with Crippen LogP contribution in [0, 0.1) is 5.92 Å². The van der Waals surface area contributed by atoms with Crippen LogP contribution < -0.4 is 16.0 Å². The van der Waals surface area contributed by atoms with Crippen molar-refractivity contribution in [2.24, 2.45) is 21.9 Å². The molecule has 0 saturated heterocycles. The number of likely N-dealkylation sites (N-methyl/N-ethyl adjacent to an activating group) is 1. The van der Waals surface area contributed by atoms with Crippen molar-refractivity contribution in [2.45, 2.75) is 38.6 Å². The lowest BCUT2D eigenvalue weighted by Crippen LogP contribution is -2.38. The molecule has 13 heteroatoms. The Bertz CT molecular complexity index is 1320. The van der Waals surface area contributed by atoms with E-state index in [2.05, 4.69) is 15.5 Å². The first kappa shape index (κ1) is 31.6. The number of anilines is 2. The molecule has 0 radical (unpaired) electrons. The largest absolute Gasteiger partial charge is 0.481 e. The van der Waals surface area contributed by atoms with Crippen LogP contribution in [0.2, 0.25) is 0 Å². The normalized spacial score (nSPS) is 14.3. The zero-order valence-corrected chi connectivity index (χ0v) is 23.2. The SMILES string of the molecule is CCN(CCN1C(=O)C=CC1=O)c1ccc(N=Nc2ccc(NC(=O)CCCC(C[C@H](N)C(=O)O)C(=O)O)cc2)cc1. The molecule has 222 valence electrons. The van der Waals surface area contributed by atoms with E-state index in [0.29, 0.717) is 36.7 Å². The highest BCUT2D eigenvalue weighted by Gasteiger charge is 2.25. The molecule has 5 N–H and O–H groups in total. The van der Waals surface area contributed by atoms with Gasteiger partial charge in [-0.3, -0.25) is 28.9 Å². The molecule has 13 nitrogen and oxygen atoms in total. The van der Waals surface area contributed by atoms with Gasteiger partial charge in [-0.25, -0.2) is 0 Å². The van der Waals surface area contributed by atoms with Crippen molar-refractivity contribution in [2.75, 3.05) is 29.9 Å². The molecule has 0 aromatic heterocycles. The minimum Gasteiger partial charge on any atom is -0.481 e. The second-order valence-electron chi connectivity index (χ2n) is 9.66. The van der Waals surface area contributed by atoms with Crippen molar-refractivity contribution in [3.8, 4) is 0 Å². The first-order valence-electron chi connectivity index (χ1n) is 13.5. The Labute approximate surface area is 242 Å². The lowest BCUT2D eigenvalue weighted by Gasteiger charge is -2.25. The summed E-state index contributed by atoms with van der Waals surface area (Å²) in [5.74, 6) is -4.24. The number of amides is 3. The molecule has 0 fully saturated rings. The van der Waals surface area contributed by atoms with Crippen LogP contribution in [0.5, 0.6) is 0 Å². The summed E-state index contributed by atoms with van der Waals surface area (Å²) in [6.07, 6.45) is 2.83. The number of nitrogens with zero attached hydrogens (tertiary/aromatic N) is 4. The van der Waals surface area contributed by atoms with E-state index in [9.17, 15) is 29.1 Å². The molecular weight excluding hydrogens is 544 g/mol.